The van der Waals surface area contributed by atoms with Crippen molar-refractivity contribution in [2.45, 2.75) is 0 Å². The first-order valence-electron chi connectivity index (χ1n) is 5.33. The van der Waals surface area contributed by atoms with Crippen LogP contribution in [0.15, 0.2) is 18.2 Å². The van der Waals surface area contributed by atoms with Gasteiger partial charge in [-0.25, -0.2) is 0 Å². The number of phenolic OH excluding ortho intramolecular Hbond substituents is 1. The average molecular weight is 293 g/mol. The van der Waals surface area contributed by atoms with Crippen LogP contribution in [0.1, 0.15) is 0 Å². The summed E-state index contributed by atoms with van der Waals surface area (Å²) in [6.45, 7) is 1.30. The number of nitrogens with zero attached hydrogens (tertiary/aromatic N) is 1. The minimum Gasteiger partial charge on any atom is -0.506 e. The molecule has 0 atom stereocenters. The maximum Gasteiger partial charge on any atom is 0.301 e. The first-order valence-corrected chi connectivity index (χ1v) is 7.15. The molecule has 0 radical (unpaired) electrons. The second kappa shape index (κ2) is 5.31. The highest BCUT2D eigenvalue weighted by Crippen LogP contribution is 2.28. The van der Waals surface area contributed by atoms with Crippen LogP contribution in [0.2, 0.25) is 5.02 Å². The zero-order valence-corrected chi connectivity index (χ0v) is 11.0. The van der Waals surface area contributed by atoms with Gasteiger partial charge in [0.15, 0.2) is 0 Å². The van der Waals surface area contributed by atoms with E-state index >= 15 is 0 Å². The molecule has 0 amide bonds. The molecule has 0 saturated carbocycles. The lowest BCUT2D eigenvalue weighted by Gasteiger charge is -2.26. The third-order valence-corrected chi connectivity index (χ3v) is 4.27. The molecule has 0 spiro atoms. The summed E-state index contributed by atoms with van der Waals surface area (Å²) < 4.78 is 32.7. The smallest absolute Gasteiger partial charge is 0.301 e. The van der Waals surface area contributed by atoms with Gasteiger partial charge in [-0.3, -0.25) is 4.72 Å². The summed E-state index contributed by atoms with van der Waals surface area (Å²) in [6.07, 6.45) is 0. The Labute approximate surface area is 110 Å². The van der Waals surface area contributed by atoms with Gasteiger partial charge in [-0.2, -0.15) is 12.7 Å². The van der Waals surface area contributed by atoms with Crippen LogP contribution in [0.5, 0.6) is 5.75 Å². The Morgan fingerprint density at radius 3 is 2.67 bits per heavy atom. The summed E-state index contributed by atoms with van der Waals surface area (Å²) in [7, 11) is -3.69. The number of morpholine rings is 1. The number of anilines is 1. The zero-order valence-electron chi connectivity index (χ0n) is 9.47. The largest absolute Gasteiger partial charge is 0.506 e. The fourth-order valence-corrected chi connectivity index (χ4v) is 2.95. The molecular formula is C10H13ClN2O4S. The number of halogens is 1. The van der Waals surface area contributed by atoms with Gasteiger partial charge in [0.25, 0.3) is 0 Å². The van der Waals surface area contributed by atoms with Crippen LogP contribution in [0.3, 0.4) is 0 Å². The van der Waals surface area contributed by atoms with Crippen molar-refractivity contribution in [2.75, 3.05) is 31.0 Å². The standard InChI is InChI=1S/C10H13ClN2O4S/c11-8-1-2-10(14)9(7-8)12-18(15,16)13-3-5-17-6-4-13/h1-2,7,12,14H,3-6H2. The van der Waals surface area contributed by atoms with Crippen LogP contribution in [0.4, 0.5) is 5.69 Å². The Morgan fingerprint density at radius 1 is 1.33 bits per heavy atom. The number of ether oxygens (including phenoxy) is 1. The van der Waals surface area contributed by atoms with Crippen LogP contribution in [-0.4, -0.2) is 44.1 Å². The summed E-state index contributed by atoms with van der Waals surface area (Å²) in [5, 5.41) is 9.91. The topological polar surface area (TPSA) is 78.9 Å². The van der Waals surface area contributed by atoms with Crippen molar-refractivity contribution in [1.29, 1.82) is 0 Å². The molecule has 1 heterocycles. The summed E-state index contributed by atoms with van der Waals surface area (Å²) in [5.41, 5.74) is 0.0639. The van der Waals surface area contributed by atoms with Crippen molar-refractivity contribution < 1.29 is 18.3 Å². The van der Waals surface area contributed by atoms with E-state index in [-0.39, 0.29) is 24.5 Å². The Kier molecular flexibility index (Phi) is 3.96. The molecule has 0 aliphatic carbocycles. The molecule has 1 aromatic rings. The van der Waals surface area contributed by atoms with Gasteiger partial charge < -0.3 is 9.84 Å². The van der Waals surface area contributed by atoms with Gasteiger partial charge in [0.1, 0.15) is 5.75 Å². The second-order valence-electron chi connectivity index (χ2n) is 3.78. The Morgan fingerprint density at radius 2 is 2.00 bits per heavy atom. The predicted octanol–water partition coefficient (Wildman–Crippen LogP) is 1.03. The third-order valence-electron chi connectivity index (χ3n) is 2.51. The van der Waals surface area contributed by atoms with Gasteiger partial charge in [-0.15, -0.1) is 0 Å². The van der Waals surface area contributed by atoms with Gasteiger partial charge in [0.05, 0.1) is 18.9 Å². The highest BCUT2D eigenvalue weighted by atomic mass is 35.5. The number of hydrogen-bond acceptors (Lipinski definition) is 4. The molecule has 0 aromatic heterocycles. The summed E-state index contributed by atoms with van der Waals surface area (Å²) in [4.78, 5) is 0. The van der Waals surface area contributed by atoms with E-state index in [1.165, 1.54) is 22.5 Å². The molecule has 1 aliphatic rings. The monoisotopic (exact) mass is 292 g/mol. The number of hydrogen-bond donors (Lipinski definition) is 2. The van der Waals surface area contributed by atoms with Crippen LogP contribution in [0.25, 0.3) is 0 Å². The average Bonchev–Trinajstić information content (AvgIpc) is 2.35. The van der Waals surface area contributed by atoms with E-state index in [1.807, 2.05) is 0 Å². The van der Waals surface area contributed by atoms with Crippen molar-refractivity contribution >= 4 is 27.5 Å². The summed E-state index contributed by atoms with van der Waals surface area (Å²) >= 11 is 5.75. The van der Waals surface area contributed by atoms with E-state index in [4.69, 9.17) is 16.3 Å². The van der Waals surface area contributed by atoms with Crippen molar-refractivity contribution in [3.05, 3.63) is 23.2 Å². The molecule has 1 fully saturated rings. The first-order chi connectivity index (χ1) is 8.49. The molecule has 2 N–H and O–H groups in total. The van der Waals surface area contributed by atoms with E-state index in [1.54, 1.807) is 0 Å². The predicted molar refractivity (Wildman–Crippen MR) is 68.1 cm³/mol. The fraction of sp³-hybridized carbons (Fsp3) is 0.400. The molecular weight excluding hydrogens is 280 g/mol. The van der Waals surface area contributed by atoms with E-state index < -0.39 is 10.2 Å². The number of rotatable bonds is 3. The van der Waals surface area contributed by atoms with Crippen LogP contribution >= 0.6 is 11.6 Å². The lowest BCUT2D eigenvalue weighted by molar-refractivity contribution is 0.0733. The Bertz CT molecular complexity index is 529. The molecule has 6 nitrogen and oxygen atoms in total. The Balaban J connectivity index is 2.18. The molecule has 0 bridgehead atoms. The van der Waals surface area contributed by atoms with Gasteiger partial charge in [-0.05, 0) is 18.2 Å². The lowest BCUT2D eigenvalue weighted by atomic mass is 10.3. The van der Waals surface area contributed by atoms with Crippen LogP contribution in [0, 0.1) is 0 Å². The molecule has 1 aliphatic heterocycles. The number of nitrogens with one attached hydrogen (secondary N) is 1. The van der Waals surface area contributed by atoms with Crippen LogP contribution in [-0.2, 0) is 14.9 Å². The van der Waals surface area contributed by atoms with E-state index in [0.29, 0.717) is 18.2 Å². The number of phenols is 1. The summed E-state index contributed by atoms with van der Waals surface area (Å²) in [5.74, 6) is -0.170. The molecule has 0 unspecified atom stereocenters. The lowest BCUT2D eigenvalue weighted by Crippen LogP contribution is -2.43. The molecule has 8 heteroatoms. The van der Waals surface area contributed by atoms with Crippen molar-refractivity contribution in [3.8, 4) is 5.75 Å². The number of aromatic hydroxyl groups is 1. The number of benzene rings is 1. The van der Waals surface area contributed by atoms with E-state index in [0.717, 1.165) is 0 Å². The quantitative estimate of drug-likeness (QED) is 0.816. The molecule has 100 valence electrons. The van der Waals surface area contributed by atoms with Crippen molar-refractivity contribution in [1.82, 2.24) is 4.31 Å². The van der Waals surface area contributed by atoms with Gasteiger partial charge >= 0.3 is 10.2 Å². The minimum atomic E-state index is -3.69. The maximum atomic E-state index is 12.0. The maximum absolute atomic E-state index is 12.0. The fourth-order valence-electron chi connectivity index (χ4n) is 1.58. The van der Waals surface area contributed by atoms with Crippen molar-refractivity contribution in [2.24, 2.45) is 0 Å². The van der Waals surface area contributed by atoms with E-state index in [2.05, 4.69) is 4.72 Å². The molecule has 1 aromatic carbocycles. The third kappa shape index (κ3) is 3.05. The SMILES string of the molecule is O=S(=O)(Nc1cc(Cl)ccc1O)N1CCOCC1. The minimum absolute atomic E-state index is 0.0639. The van der Waals surface area contributed by atoms with E-state index in [9.17, 15) is 13.5 Å². The first kappa shape index (κ1) is 13.4. The normalized spacial score (nSPS) is 17.6. The second-order valence-corrected chi connectivity index (χ2v) is 5.89. The summed E-state index contributed by atoms with van der Waals surface area (Å²) in [6, 6.07) is 4.16. The highest BCUT2D eigenvalue weighted by Gasteiger charge is 2.24. The van der Waals surface area contributed by atoms with Gasteiger partial charge in [-0.1, -0.05) is 11.6 Å². The highest BCUT2D eigenvalue weighted by molar-refractivity contribution is 7.90. The van der Waals surface area contributed by atoms with Gasteiger partial charge in [0.2, 0.25) is 0 Å². The van der Waals surface area contributed by atoms with Crippen LogP contribution < -0.4 is 4.72 Å². The zero-order chi connectivity index (χ0) is 13.2. The molecule has 1 saturated heterocycles. The Hall–Kier alpha value is -1.02. The molecule has 18 heavy (non-hydrogen) atoms. The molecule has 2 rings (SSSR count). The van der Waals surface area contributed by atoms with Gasteiger partial charge in [0, 0.05) is 18.1 Å². The van der Waals surface area contributed by atoms with Crippen molar-refractivity contribution in [3.63, 3.8) is 0 Å².